The van der Waals surface area contributed by atoms with Gasteiger partial charge in [0.15, 0.2) is 0 Å². The van der Waals surface area contributed by atoms with Gasteiger partial charge in [0.2, 0.25) is 10.0 Å². The molecular formula is C19H24ClN3O4S. The van der Waals surface area contributed by atoms with Crippen LogP contribution in [-0.2, 0) is 16.6 Å². The van der Waals surface area contributed by atoms with Crippen LogP contribution in [0.25, 0.3) is 0 Å². The average Bonchev–Trinajstić information content (AvgIpc) is 2.87. The third-order valence-electron chi connectivity index (χ3n) is 4.98. The zero-order chi connectivity index (χ0) is 20.3. The molecule has 0 radical (unpaired) electrons. The Kier molecular flexibility index (Phi) is 6.42. The Morgan fingerprint density at radius 1 is 1.21 bits per heavy atom. The molecule has 1 amide bonds. The van der Waals surface area contributed by atoms with Crippen LogP contribution in [0, 0.1) is 13.8 Å². The number of carbonyl (C=O) groups is 1. The van der Waals surface area contributed by atoms with Crippen LogP contribution < -0.4 is 5.32 Å². The van der Waals surface area contributed by atoms with Crippen molar-refractivity contribution in [1.82, 2.24) is 14.8 Å². The van der Waals surface area contributed by atoms with Gasteiger partial charge in [0.05, 0.1) is 10.7 Å². The van der Waals surface area contributed by atoms with E-state index in [0.29, 0.717) is 24.5 Å². The summed E-state index contributed by atoms with van der Waals surface area (Å²) in [5.41, 5.74) is 1.75. The zero-order valence-electron chi connectivity index (χ0n) is 16.0. The number of benzene rings is 1. The van der Waals surface area contributed by atoms with E-state index in [0.717, 1.165) is 31.2 Å². The summed E-state index contributed by atoms with van der Waals surface area (Å²) < 4.78 is 32.7. The molecule has 1 aliphatic rings. The molecule has 0 unspecified atom stereocenters. The van der Waals surface area contributed by atoms with Crippen molar-refractivity contribution in [1.29, 1.82) is 0 Å². The van der Waals surface area contributed by atoms with E-state index in [2.05, 4.69) is 10.5 Å². The molecule has 1 fully saturated rings. The van der Waals surface area contributed by atoms with E-state index < -0.39 is 10.0 Å². The summed E-state index contributed by atoms with van der Waals surface area (Å²) in [4.78, 5) is 12.5. The van der Waals surface area contributed by atoms with Crippen LogP contribution in [0.1, 0.15) is 53.1 Å². The highest BCUT2D eigenvalue weighted by Crippen LogP contribution is 2.27. The first-order valence-electron chi connectivity index (χ1n) is 9.30. The van der Waals surface area contributed by atoms with Gasteiger partial charge in [-0.25, -0.2) is 8.42 Å². The van der Waals surface area contributed by atoms with Crippen molar-refractivity contribution in [2.45, 2.75) is 51.0 Å². The Labute approximate surface area is 170 Å². The van der Waals surface area contributed by atoms with Crippen LogP contribution in [0.4, 0.5) is 0 Å². The molecule has 0 saturated carbocycles. The number of hydrogen-bond donors (Lipinski definition) is 1. The number of aromatic nitrogens is 1. The lowest BCUT2D eigenvalue weighted by atomic mass is 10.2. The number of nitrogens with one attached hydrogen (secondary N) is 1. The van der Waals surface area contributed by atoms with Gasteiger partial charge in [0.25, 0.3) is 5.91 Å². The van der Waals surface area contributed by atoms with Crippen molar-refractivity contribution in [2.75, 3.05) is 13.1 Å². The fourth-order valence-corrected chi connectivity index (χ4v) is 5.31. The maximum atomic E-state index is 13.1. The Morgan fingerprint density at radius 2 is 1.89 bits per heavy atom. The molecule has 0 atom stereocenters. The average molecular weight is 426 g/mol. The number of nitrogens with zero attached hydrogens (tertiary/aromatic N) is 2. The Bertz CT molecular complexity index is 944. The molecule has 1 aromatic carbocycles. The number of carbonyl (C=O) groups excluding carboxylic acids is 1. The number of rotatable bonds is 5. The highest BCUT2D eigenvalue weighted by Gasteiger charge is 2.28. The van der Waals surface area contributed by atoms with E-state index in [4.69, 9.17) is 16.1 Å². The lowest BCUT2D eigenvalue weighted by Gasteiger charge is -2.21. The van der Waals surface area contributed by atoms with Gasteiger partial charge >= 0.3 is 0 Å². The SMILES string of the molecule is Cc1noc(C)c1CNC(=O)c1ccc(Cl)c(S(=O)(=O)N2CCCCCC2)c1. The summed E-state index contributed by atoms with van der Waals surface area (Å²) in [5.74, 6) is 0.252. The Hall–Kier alpha value is -1.90. The second-order valence-electron chi connectivity index (χ2n) is 6.95. The molecule has 1 aromatic heterocycles. The molecule has 7 nitrogen and oxygen atoms in total. The highest BCUT2D eigenvalue weighted by molar-refractivity contribution is 7.89. The van der Waals surface area contributed by atoms with E-state index in [9.17, 15) is 13.2 Å². The molecule has 9 heteroatoms. The van der Waals surface area contributed by atoms with Gasteiger partial charge in [-0.15, -0.1) is 0 Å². The third kappa shape index (κ3) is 4.39. The van der Waals surface area contributed by atoms with Gasteiger partial charge < -0.3 is 9.84 Å². The summed E-state index contributed by atoms with van der Waals surface area (Å²) in [6.07, 6.45) is 3.69. The molecule has 152 valence electrons. The minimum absolute atomic E-state index is 0.0268. The van der Waals surface area contributed by atoms with Crippen LogP contribution in [-0.4, -0.2) is 36.9 Å². The van der Waals surface area contributed by atoms with Crippen LogP contribution in [0.3, 0.4) is 0 Å². The maximum absolute atomic E-state index is 13.1. The number of sulfonamides is 1. The molecule has 1 saturated heterocycles. The fourth-order valence-electron chi connectivity index (χ4n) is 3.29. The molecule has 3 rings (SSSR count). The largest absolute Gasteiger partial charge is 0.361 e. The van der Waals surface area contributed by atoms with E-state index >= 15 is 0 Å². The summed E-state index contributed by atoms with van der Waals surface area (Å²) in [6.45, 7) is 4.76. The lowest BCUT2D eigenvalue weighted by Crippen LogP contribution is -2.32. The number of halogens is 1. The van der Waals surface area contributed by atoms with Crippen LogP contribution >= 0.6 is 11.6 Å². The summed E-state index contributed by atoms with van der Waals surface area (Å²) >= 11 is 6.19. The first-order valence-corrected chi connectivity index (χ1v) is 11.1. The highest BCUT2D eigenvalue weighted by atomic mass is 35.5. The van der Waals surface area contributed by atoms with Gasteiger partial charge in [-0.05, 0) is 44.9 Å². The number of aryl methyl sites for hydroxylation is 2. The predicted octanol–water partition coefficient (Wildman–Crippen LogP) is 3.44. The summed E-state index contributed by atoms with van der Waals surface area (Å²) in [6, 6.07) is 4.33. The second-order valence-corrected chi connectivity index (χ2v) is 9.26. The molecular weight excluding hydrogens is 402 g/mol. The van der Waals surface area contributed by atoms with Crippen molar-refractivity contribution in [3.63, 3.8) is 0 Å². The number of amides is 1. The minimum Gasteiger partial charge on any atom is -0.361 e. The standard InChI is InChI=1S/C19H24ClN3O4S/c1-13-16(14(2)27-22-13)12-21-19(24)15-7-8-17(20)18(11-15)28(25,26)23-9-5-3-4-6-10-23/h7-8,11H,3-6,9-10,12H2,1-2H3,(H,21,24). The van der Waals surface area contributed by atoms with Crippen molar-refractivity contribution in [2.24, 2.45) is 0 Å². The third-order valence-corrected chi connectivity index (χ3v) is 7.36. The zero-order valence-corrected chi connectivity index (χ0v) is 17.6. The summed E-state index contributed by atoms with van der Waals surface area (Å²) in [5, 5.41) is 6.75. The molecule has 28 heavy (non-hydrogen) atoms. The van der Waals surface area contributed by atoms with E-state index in [1.807, 2.05) is 0 Å². The van der Waals surface area contributed by atoms with Crippen LogP contribution in [0.2, 0.25) is 5.02 Å². The molecule has 0 bridgehead atoms. The van der Waals surface area contributed by atoms with Gasteiger partial charge in [-0.2, -0.15) is 4.31 Å². The first-order chi connectivity index (χ1) is 13.3. The Balaban J connectivity index is 1.81. The molecule has 1 N–H and O–H groups in total. The van der Waals surface area contributed by atoms with E-state index in [-0.39, 0.29) is 27.9 Å². The molecule has 0 aliphatic carbocycles. The minimum atomic E-state index is -3.75. The van der Waals surface area contributed by atoms with Gasteiger partial charge in [0, 0.05) is 30.8 Å². The maximum Gasteiger partial charge on any atom is 0.251 e. The van der Waals surface area contributed by atoms with Crippen LogP contribution in [0.15, 0.2) is 27.6 Å². The smallest absolute Gasteiger partial charge is 0.251 e. The normalized spacial score (nSPS) is 16.0. The van der Waals surface area contributed by atoms with Crippen molar-refractivity contribution < 1.29 is 17.7 Å². The van der Waals surface area contributed by atoms with Crippen molar-refractivity contribution in [3.05, 3.63) is 45.8 Å². The van der Waals surface area contributed by atoms with Crippen molar-refractivity contribution >= 4 is 27.5 Å². The van der Waals surface area contributed by atoms with Crippen molar-refractivity contribution in [3.8, 4) is 0 Å². The van der Waals surface area contributed by atoms with Gasteiger partial charge in [-0.1, -0.05) is 29.6 Å². The quantitative estimate of drug-likeness (QED) is 0.792. The lowest BCUT2D eigenvalue weighted by molar-refractivity contribution is 0.0950. The number of hydrogen-bond acceptors (Lipinski definition) is 5. The molecule has 2 heterocycles. The second kappa shape index (κ2) is 8.63. The monoisotopic (exact) mass is 425 g/mol. The van der Waals surface area contributed by atoms with Crippen LogP contribution in [0.5, 0.6) is 0 Å². The summed E-state index contributed by atoms with van der Waals surface area (Å²) in [7, 11) is -3.75. The molecule has 2 aromatic rings. The van der Waals surface area contributed by atoms with E-state index in [1.54, 1.807) is 13.8 Å². The molecule has 1 aliphatic heterocycles. The molecule has 0 spiro atoms. The fraction of sp³-hybridized carbons (Fsp3) is 0.474. The Morgan fingerprint density at radius 3 is 2.50 bits per heavy atom. The van der Waals surface area contributed by atoms with E-state index in [1.165, 1.54) is 22.5 Å². The predicted molar refractivity (Wildman–Crippen MR) is 106 cm³/mol. The van der Waals surface area contributed by atoms with Gasteiger partial charge in [0.1, 0.15) is 10.7 Å². The first kappa shape index (κ1) is 20.8. The topological polar surface area (TPSA) is 92.5 Å². The van der Waals surface area contributed by atoms with Gasteiger partial charge in [-0.3, -0.25) is 4.79 Å².